The topological polar surface area (TPSA) is 0 Å². The van der Waals surface area contributed by atoms with E-state index in [-0.39, 0.29) is 0 Å². The largest absolute Gasteiger partial charge is 0.0711 e. The van der Waals surface area contributed by atoms with Crippen LogP contribution in [-0.4, -0.2) is 10.2 Å². The molecule has 2 rings (SSSR count). The monoisotopic (exact) mass is 181 g/mol. The van der Waals surface area contributed by atoms with Crippen molar-refractivity contribution in [3.8, 4) is 11.1 Å². The van der Waals surface area contributed by atoms with Crippen molar-refractivity contribution < 1.29 is 0 Å². The molecular formula is C12H9Si. The van der Waals surface area contributed by atoms with Crippen LogP contribution in [0.5, 0.6) is 0 Å². The minimum absolute atomic E-state index is 1.11. The van der Waals surface area contributed by atoms with Crippen LogP contribution < -0.4 is 5.19 Å². The molecule has 0 aliphatic heterocycles. The van der Waals surface area contributed by atoms with Gasteiger partial charge >= 0.3 is 0 Å². The fourth-order valence-corrected chi connectivity index (χ4v) is 1.46. The third-order valence-corrected chi connectivity index (χ3v) is 2.33. The smallest absolute Gasteiger partial charge is 0.0673 e. The highest BCUT2D eigenvalue weighted by atomic mass is 28.1. The molecule has 0 aliphatic rings. The molecule has 0 bridgehead atoms. The van der Waals surface area contributed by atoms with Crippen molar-refractivity contribution in [2.24, 2.45) is 0 Å². The summed E-state index contributed by atoms with van der Waals surface area (Å²) in [5, 5.41) is 1.11. The van der Waals surface area contributed by atoms with E-state index in [2.05, 4.69) is 58.8 Å². The summed E-state index contributed by atoms with van der Waals surface area (Å²) < 4.78 is 0. The van der Waals surface area contributed by atoms with E-state index in [0.717, 1.165) is 5.19 Å². The van der Waals surface area contributed by atoms with E-state index in [0.29, 0.717) is 0 Å². The third kappa shape index (κ3) is 1.87. The molecule has 0 saturated heterocycles. The molecule has 0 heterocycles. The Morgan fingerprint density at radius 3 is 1.77 bits per heavy atom. The minimum Gasteiger partial charge on any atom is -0.0673 e. The Balaban J connectivity index is 2.42. The highest BCUT2D eigenvalue weighted by Gasteiger charge is 1.93. The maximum atomic E-state index is 3.47. The van der Waals surface area contributed by atoms with E-state index >= 15 is 0 Å². The summed E-state index contributed by atoms with van der Waals surface area (Å²) in [6.45, 7) is 0. The SMILES string of the molecule is [Si]c1ccc(-c2ccccc2)cc1. The Kier molecular flexibility index (Phi) is 2.28. The van der Waals surface area contributed by atoms with Gasteiger partial charge in [-0.15, -0.1) is 0 Å². The summed E-state index contributed by atoms with van der Waals surface area (Å²) in [7, 11) is 3.47. The molecule has 0 atom stereocenters. The lowest BCUT2D eigenvalue weighted by atomic mass is 10.1. The fourth-order valence-electron chi connectivity index (χ4n) is 1.29. The molecule has 0 fully saturated rings. The van der Waals surface area contributed by atoms with E-state index in [4.69, 9.17) is 0 Å². The maximum Gasteiger partial charge on any atom is 0.0711 e. The Bertz CT molecular complexity index is 376. The molecule has 0 aliphatic carbocycles. The summed E-state index contributed by atoms with van der Waals surface area (Å²) in [6, 6.07) is 18.7. The molecule has 3 radical (unpaired) electrons. The normalized spacial score (nSPS) is 9.92. The second-order valence-electron chi connectivity index (χ2n) is 2.94. The van der Waals surface area contributed by atoms with Gasteiger partial charge in [0, 0.05) is 0 Å². The first-order chi connectivity index (χ1) is 6.36. The van der Waals surface area contributed by atoms with Gasteiger partial charge in [-0.2, -0.15) is 0 Å². The van der Waals surface area contributed by atoms with E-state index in [1.807, 2.05) is 6.07 Å². The van der Waals surface area contributed by atoms with Crippen LogP contribution in [0, 0.1) is 0 Å². The van der Waals surface area contributed by atoms with E-state index in [9.17, 15) is 0 Å². The van der Waals surface area contributed by atoms with Gasteiger partial charge in [-0.3, -0.25) is 0 Å². The molecule has 0 nitrogen and oxygen atoms in total. The lowest BCUT2D eigenvalue weighted by Gasteiger charge is -2.00. The molecule has 2 aromatic rings. The van der Waals surface area contributed by atoms with E-state index in [1.54, 1.807) is 0 Å². The molecule has 2 aromatic carbocycles. The lowest BCUT2D eigenvalue weighted by Crippen LogP contribution is -1.98. The van der Waals surface area contributed by atoms with Crippen molar-refractivity contribution >= 4 is 15.4 Å². The van der Waals surface area contributed by atoms with Gasteiger partial charge in [-0.1, -0.05) is 59.8 Å². The summed E-state index contributed by atoms with van der Waals surface area (Å²) >= 11 is 0. The molecule has 0 aromatic heterocycles. The summed E-state index contributed by atoms with van der Waals surface area (Å²) in [5.74, 6) is 0. The number of hydrogen-bond donors (Lipinski definition) is 0. The Hall–Kier alpha value is -1.34. The van der Waals surface area contributed by atoms with Crippen LogP contribution in [0.2, 0.25) is 0 Å². The van der Waals surface area contributed by atoms with Crippen LogP contribution in [-0.2, 0) is 0 Å². The second kappa shape index (κ2) is 3.58. The Morgan fingerprint density at radius 1 is 0.615 bits per heavy atom. The van der Waals surface area contributed by atoms with Gasteiger partial charge in [0.2, 0.25) is 0 Å². The van der Waals surface area contributed by atoms with Gasteiger partial charge in [0.15, 0.2) is 0 Å². The standard InChI is InChI=1S/C12H9Si/c13-12-8-6-11(7-9-12)10-4-2-1-3-5-10/h1-9H. The van der Waals surface area contributed by atoms with Gasteiger partial charge in [0.1, 0.15) is 0 Å². The van der Waals surface area contributed by atoms with Crippen molar-refractivity contribution in [1.29, 1.82) is 0 Å². The molecule has 0 saturated carbocycles. The Labute approximate surface area is 81.7 Å². The summed E-state index contributed by atoms with van der Waals surface area (Å²) in [5.41, 5.74) is 2.51. The summed E-state index contributed by atoms with van der Waals surface area (Å²) in [4.78, 5) is 0. The molecule has 61 valence electrons. The molecule has 0 spiro atoms. The van der Waals surface area contributed by atoms with Crippen LogP contribution in [0.25, 0.3) is 11.1 Å². The number of hydrogen-bond acceptors (Lipinski definition) is 0. The molecular weight excluding hydrogens is 172 g/mol. The molecule has 0 N–H and O–H groups in total. The van der Waals surface area contributed by atoms with Crippen LogP contribution in [0.15, 0.2) is 54.6 Å². The highest BCUT2D eigenvalue weighted by molar-refractivity contribution is 6.32. The second-order valence-corrected chi connectivity index (χ2v) is 3.52. The van der Waals surface area contributed by atoms with Crippen molar-refractivity contribution in [1.82, 2.24) is 0 Å². The van der Waals surface area contributed by atoms with Crippen molar-refractivity contribution in [2.75, 3.05) is 0 Å². The average Bonchev–Trinajstić information content (AvgIpc) is 2.20. The number of rotatable bonds is 1. The zero-order chi connectivity index (χ0) is 9.10. The predicted molar refractivity (Wildman–Crippen MR) is 57.3 cm³/mol. The van der Waals surface area contributed by atoms with Gasteiger partial charge < -0.3 is 0 Å². The first-order valence-electron chi connectivity index (χ1n) is 4.23. The van der Waals surface area contributed by atoms with Crippen molar-refractivity contribution in [2.45, 2.75) is 0 Å². The van der Waals surface area contributed by atoms with Crippen LogP contribution >= 0.6 is 0 Å². The van der Waals surface area contributed by atoms with Gasteiger partial charge in [0.05, 0.1) is 10.2 Å². The molecule has 1 heteroatoms. The lowest BCUT2D eigenvalue weighted by molar-refractivity contribution is 1.64. The van der Waals surface area contributed by atoms with Crippen LogP contribution in [0.3, 0.4) is 0 Å². The highest BCUT2D eigenvalue weighted by Crippen LogP contribution is 2.16. The zero-order valence-corrected chi connectivity index (χ0v) is 8.20. The average molecular weight is 181 g/mol. The van der Waals surface area contributed by atoms with Gasteiger partial charge in [-0.25, -0.2) is 0 Å². The quantitative estimate of drug-likeness (QED) is 0.591. The van der Waals surface area contributed by atoms with E-state index < -0.39 is 0 Å². The van der Waals surface area contributed by atoms with Crippen LogP contribution in [0.1, 0.15) is 0 Å². The molecule has 13 heavy (non-hydrogen) atoms. The maximum absolute atomic E-state index is 3.47. The summed E-state index contributed by atoms with van der Waals surface area (Å²) in [6.07, 6.45) is 0. The zero-order valence-electron chi connectivity index (χ0n) is 7.20. The first kappa shape index (κ1) is 8.26. The van der Waals surface area contributed by atoms with Gasteiger partial charge in [-0.05, 0) is 11.1 Å². The molecule has 0 amide bonds. The minimum atomic E-state index is 1.11. The predicted octanol–water partition coefficient (Wildman–Crippen LogP) is 2.15. The van der Waals surface area contributed by atoms with Crippen LogP contribution in [0.4, 0.5) is 0 Å². The fraction of sp³-hybridized carbons (Fsp3) is 0. The number of benzene rings is 2. The van der Waals surface area contributed by atoms with Gasteiger partial charge in [0.25, 0.3) is 0 Å². The van der Waals surface area contributed by atoms with Crippen molar-refractivity contribution in [3.63, 3.8) is 0 Å². The van der Waals surface area contributed by atoms with E-state index in [1.165, 1.54) is 11.1 Å². The molecule has 0 unspecified atom stereocenters. The Morgan fingerprint density at radius 2 is 1.15 bits per heavy atom. The van der Waals surface area contributed by atoms with Crippen molar-refractivity contribution in [3.05, 3.63) is 54.6 Å². The first-order valence-corrected chi connectivity index (χ1v) is 4.73. The third-order valence-electron chi connectivity index (χ3n) is 1.99.